The molecule has 112 valence electrons. The van der Waals surface area contributed by atoms with Crippen molar-refractivity contribution in [3.05, 3.63) is 54.1 Å². The topological polar surface area (TPSA) is 70.1 Å². The smallest absolute Gasteiger partial charge is 0.250 e. The monoisotopic (exact) mass is 320 g/mol. The van der Waals surface area contributed by atoms with E-state index >= 15 is 0 Å². The first-order chi connectivity index (χ1) is 11.2. The molecular weight excluding hydrogens is 307 g/mol. The summed E-state index contributed by atoms with van der Waals surface area (Å²) < 4.78 is 0. The van der Waals surface area contributed by atoms with Gasteiger partial charge in [-0.15, -0.1) is 0 Å². The number of fused-ring (bicyclic) bond motifs is 1. The van der Waals surface area contributed by atoms with Crippen molar-refractivity contribution in [2.24, 2.45) is 5.10 Å². The van der Waals surface area contributed by atoms with Crippen LogP contribution in [0.4, 0.5) is 0 Å². The molecule has 23 heavy (non-hydrogen) atoms. The maximum absolute atomic E-state index is 11.8. The zero-order valence-corrected chi connectivity index (χ0v) is 13.0. The first kappa shape index (κ1) is 15.4. The van der Waals surface area contributed by atoms with Gasteiger partial charge in [0.15, 0.2) is 5.16 Å². The highest BCUT2D eigenvalue weighted by molar-refractivity contribution is 7.99. The van der Waals surface area contributed by atoms with E-state index in [0.29, 0.717) is 10.6 Å². The van der Waals surface area contributed by atoms with Gasteiger partial charge in [0.2, 0.25) is 0 Å². The number of nitrogens with zero attached hydrogens (tertiary/aromatic N) is 2. The molecule has 0 spiro atoms. The molecule has 0 aliphatic carbocycles. The maximum atomic E-state index is 11.8. The lowest BCUT2D eigenvalue weighted by atomic mass is 9.95. The van der Waals surface area contributed by atoms with Crippen LogP contribution in [0.5, 0.6) is 0 Å². The van der Waals surface area contributed by atoms with Crippen molar-refractivity contribution in [1.29, 1.82) is 0 Å². The number of nitrogens with one attached hydrogen (secondary N) is 2. The molecule has 0 bridgehead atoms. The molecule has 0 saturated carbocycles. The highest BCUT2D eigenvalue weighted by Crippen LogP contribution is 2.18. The Labute approximate surface area is 139 Å². The van der Waals surface area contributed by atoms with Crippen LogP contribution in [0.15, 0.2) is 58.8 Å². The first-order valence-corrected chi connectivity index (χ1v) is 7.94. The number of benzene rings is 2. The zero-order valence-electron chi connectivity index (χ0n) is 12.2. The lowest BCUT2D eigenvalue weighted by Gasteiger charge is -1.98. The Kier molecular flexibility index (Phi) is 4.78. The van der Waals surface area contributed by atoms with E-state index in [-0.39, 0.29) is 11.7 Å². The molecule has 3 rings (SSSR count). The van der Waals surface area contributed by atoms with E-state index in [9.17, 15) is 4.79 Å². The number of hydrogen-bond acceptors (Lipinski definition) is 4. The van der Waals surface area contributed by atoms with Crippen molar-refractivity contribution >= 4 is 48.2 Å². The number of hydrogen-bond donors (Lipinski definition) is 2. The molecule has 2 N–H and O–H groups in total. The Morgan fingerprint density at radius 3 is 3.00 bits per heavy atom. The molecular formula is C16H13BN4OS. The molecule has 0 aliphatic heterocycles. The number of hydrazone groups is 1. The third-order valence-corrected chi connectivity index (χ3v) is 3.89. The third kappa shape index (κ3) is 4.23. The van der Waals surface area contributed by atoms with E-state index in [4.69, 9.17) is 7.85 Å². The molecule has 2 radical (unpaired) electrons. The van der Waals surface area contributed by atoms with Crippen LogP contribution in [0.1, 0.15) is 5.56 Å². The van der Waals surface area contributed by atoms with Gasteiger partial charge in [0, 0.05) is 0 Å². The van der Waals surface area contributed by atoms with Gasteiger partial charge in [0.1, 0.15) is 7.85 Å². The zero-order chi connectivity index (χ0) is 16.1. The minimum atomic E-state index is -0.199. The lowest BCUT2D eigenvalue weighted by molar-refractivity contribution is -0.118. The van der Waals surface area contributed by atoms with Crippen LogP contribution in [0.2, 0.25) is 0 Å². The number of rotatable bonds is 5. The standard InChI is InChI=1S/C16H13BN4OS/c17-12-5-3-4-11(8-12)9-18-21-15(22)10-23-16-19-13-6-1-2-7-14(13)20-16/h1-9H,10H2,(H,19,20)(H,21,22)/b18-9+. The summed E-state index contributed by atoms with van der Waals surface area (Å²) in [6, 6.07) is 15.0. The lowest BCUT2D eigenvalue weighted by Crippen LogP contribution is -2.19. The number of H-pyrrole nitrogens is 1. The fraction of sp³-hybridized carbons (Fsp3) is 0.0625. The van der Waals surface area contributed by atoms with E-state index in [1.807, 2.05) is 36.4 Å². The van der Waals surface area contributed by atoms with Gasteiger partial charge in [0.05, 0.1) is 23.0 Å². The second-order valence-electron chi connectivity index (χ2n) is 4.81. The number of aromatic amines is 1. The predicted octanol–water partition coefficient (Wildman–Crippen LogP) is 1.60. The predicted molar refractivity (Wildman–Crippen MR) is 94.4 cm³/mol. The Morgan fingerprint density at radius 2 is 2.17 bits per heavy atom. The van der Waals surface area contributed by atoms with Gasteiger partial charge in [-0.2, -0.15) is 5.10 Å². The number of imidazole rings is 1. The first-order valence-electron chi connectivity index (χ1n) is 6.96. The Bertz CT molecular complexity index is 829. The summed E-state index contributed by atoms with van der Waals surface area (Å²) in [5.41, 5.74) is 5.80. The summed E-state index contributed by atoms with van der Waals surface area (Å²) in [6.07, 6.45) is 1.56. The van der Waals surface area contributed by atoms with Crippen molar-refractivity contribution < 1.29 is 4.79 Å². The van der Waals surface area contributed by atoms with Gasteiger partial charge < -0.3 is 4.98 Å². The minimum absolute atomic E-state index is 0.199. The van der Waals surface area contributed by atoms with Crippen LogP contribution < -0.4 is 10.9 Å². The molecule has 1 aromatic heterocycles. The van der Waals surface area contributed by atoms with Gasteiger partial charge in [-0.1, -0.05) is 53.6 Å². The third-order valence-electron chi connectivity index (χ3n) is 3.02. The second-order valence-corrected chi connectivity index (χ2v) is 5.78. The van der Waals surface area contributed by atoms with Crippen molar-refractivity contribution in [3.63, 3.8) is 0 Å². The average molecular weight is 320 g/mol. The van der Waals surface area contributed by atoms with Gasteiger partial charge in [-0.3, -0.25) is 4.79 Å². The summed E-state index contributed by atoms with van der Waals surface area (Å²) in [5.74, 6) is 0.0317. The van der Waals surface area contributed by atoms with Gasteiger partial charge in [0.25, 0.3) is 5.91 Å². The van der Waals surface area contributed by atoms with Crippen LogP contribution in [0.25, 0.3) is 11.0 Å². The summed E-state index contributed by atoms with van der Waals surface area (Å²) in [5, 5.41) is 4.62. The van der Waals surface area contributed by atoms with Crippen LogP contribution in [-0.4, -0.2) is 35.7 Å². The molecule has 1 amide bonds. The number of carbonyl (C=O) groups excluding carboxylic acids is 1. The van der Waals surface area contributed by atoms with Crippen LogP contribution >= 0.6 is 11.8 Å². The molecule has 2 aromatic carbocycles. The maximum Gasteiger partial charge on any atom is 0.250 e. The number of carbonyl (C=O) groups is 1. The van der Waals surface area contributed by atoms with Gasteiger partial charge in [-0.05, 0) is 17.7 Å². The molecule has 0 unspecified atom stereocenters. The van der Waals surface area contributed by atoms with Crippen LogP contribution in [-0.2, 0) is 4.79 Å². The molecule has 0 saturated heterocycles. The van der Waals surface area contributed by atoms with E-state index in [1.165, 1.54) is 11.8 Å². The van der Waals surface area contributed by atoms with E-state index in [2.05, 4.69) is 20.5 Å². The summed E-state index contributed by atoms with van der Waals surface area (Å²) >= 11 is 1.33. The van der Waals surface area contributed by atoms with Crippen molar-refractivity contribution in [3.8, 4) is 0 Å². The molecule has 1 heterocycles. The van der Waals surface area contributed by atoms with Crippen molar-refractivity contribution in [1.82, 2.24) is 15.4 Å². The normalized spacial score (nSPS) is 11.1. The number of para-hydroxylation sites is 2. The summed E-state index contributed by atoms with van der Waals surface area (Å²) in [7, 11) is 5.67. The van der Waals surface area contributed by atoms with Gasteiger partial charge >= 0.3 is 0 Å². The highest BCUT2D eigenvalue weighted by Gasteiger charge is 2.06. The fourth-order valence-electron chi connectivity index (χ4n) is 1.98. The Morgan fingerprint density at radius 1 is 1.30 bits per heavy atom. The number of aromatic nitrogens is 2. The van der Waals surface area contributed by atoms with Gasteiger partial charge in [-0.25, -0.2) is 10.4 Å². The molecule has 3 aromatic rings. The number of thioether (sulfide) groups is 1. The van der Waals surface area contributed by atoms with Crippen LogP contribution in [0.3, 0.4) is 0 Å². The molecule has 0 atom stereocenters. The summed E-state index contributed by atoms with van der Waals surface area (Å²) in [6.45, 7) is 0. The number of amides is 1. The average Bonchev–Trinajstić information content (AvgIpc) is 2.96. The molecule has 0 aliphatic rings. The largest absolute Gasteiger partial charge is 0.333 e. The Balaban J connectivity index is 1.51. The van der Waals surface area contributed by atoms with Crippen molar-refractivity contribution in [2.45, 2.75) is 5.16 Å². The Hall–Kier alpha value is -2.54. The van der Waals surface area contributed by atoms with E-state index < -0.39 is 0 Å². The van der Waals surface area contributed by atoms with Crippen LogP contribution in [0, 0.1) is 0 Å². The molecule has 0 fully saturated rings. The molecule has 5 nitrogen and oxygen atoms in total. The minimum Gasteiger partial charge on any atom is -0.333 e. The van der Waals surface area contributed by atoms with E-state index in [1.54, 1.807) is 18.3 Å². The van der Waals surface area contributed by atoms with Crippen molar-refractivity contribution in [2.75, 3.05) is 5.75 Å². The second kappa shape index (κ2) is 7.15. The fourth-order valence-corrected chi connectivity index (χ4v) is 2.66. The summed E-state index contributed by atoms with van der Waals surface area (Å²) in [4.78, 5) is 19.3. The molecule has 7 heteroatoms. The highest BCUT2D eigenvalue weighted by atomic mass is 32.2. The quantitative estimate of drug-likeness (QED) is 0.325. The van der Waals surface area contributed by atoms with E-state index in [0.717, 1.165) is 16.6 Å². The SMILES string of the molecule is [B]c1cccc(/C=N/NC(=O)CSc2nc3ccccc3[nH]2)c1.